The van der Waals surface area contributed by atoms with E-state index in [-0.39, 0.29) is 6.09 Å². The van der Waals surface area contributed by atoms with Crippen molar-refractivity contribution >= 4 is 6.09 Å². The van der Waals surface area contributed by atoms with Crippen LogP contribution in [0.2, 0.25) is 0 Å². The Bertz CT molecular complexity index is 182. The number of carbonyl (C=O) groups is 1. The van der Waals surface area contributed by atoms with Gasteiger partial charge in [0.25, 0.3) is 0 Å². The molecule has 1 aliphatic heterocycles. The fourth-order valence-electron chi connectivity index (χ4n) is 1.84. The maximum absolute atomic E-state index is 11.5. The molecule has 1 saturated heterocycles. The average molecular weight is 199 g/mol. The van der Waals surface area contributed by atoms with Crippen molar-refractivity contribution in [2.45, 2.75) is 39.5 Å². The van der Waals surface area contributed by atoms with E-state index >= 15 is 0 Å². The van der Waals surface area contributed by atoms with E-state index in [4.69, 9.17) is 4.74 Å². The van der Waals surface area contributed by atoms with Crippen LogP contribution >= 0.6 is 0 Å². The first-order valence-electron chi connectivity index (χ1n) is 5.69. The minimum Gasteiger partial charge on any atom is -0.449 e. The molecule has 1 aliphatic rings. The summed E-state index contributed by atoms with van der Waals surface area (Å²) < 4.78 is 5.11. The van der Waals surface area contributed by atoms with E-state index in [9.17, 15) is 4.79 Å². The maximum Gasteiger partial charge on any atom is 0.409 e. The van der Waals surface area contributed by atoms with Crippen LogP contribution in [-0.4, -0.2) is 30.7 Å². The number of hydrogen-bond donors (Lipinski definition) is 0. The lowest BCUT2D eigenvalue weighted by atomic mass is 9.96. The zero-order chi connectivity index (χ0) is 10.4. The van der Waals surface area contributed by atoms with Gasteiger partial charge in [-0.05, 0) is 25.2 Å². The van der Waals surface area contributed by atoms with Crippen LogP contribution in [-0.2, 0) is 4.74 Å². The third kappa shape index (κ3) is 3.20. The van der Waals surface area contributed by atoms with Gasteiger partial charge in [0.05, 0.1) is 6.61 Å². The van der Waals surface area contributed by atoms with Crippen LogP contribution in [0.25, 0.3) is 0 Å². The molecule has 0 N–H and O–H groups in total. The van der Waals surface area contributed by atoms with Crippen molar-refractivity contribution in [3.63, 3.8) is 0 Å². The quantitative estimate of drug-likeness (QED) is 0.699. The molecule has 0 aromatic heterocycles. The first-order chi connectivity index (χ1) is 6.77. The van der Waals surface area contributed by atoms with E-state index < -0.39 is 0 Å². The lowest BCUT2D eigenvalue weighted by Gasteiger charge is -2.31. The predicted molar refractivity (Wildman–Crippen MR) is 56.2 cm³/mol. The highest BCUT2D eigenvalue weighted by Crippen LogP contribution is 2.19. The first-order valence-corrected chi connectivity index (χ1v) is 5.69. The zero-order valence-corrected chi connectivity index (χ0v) is 9.29. The van der Waals surface area contributed by atoms with Crippen molar-refractivity contribution in [1.29, 1.82) is 0 Å². The van der Waals surface area contributed by atoms with Crippen molar-refractivity contribution in [1.82, 2.24) is 4.90 Å². The van der Waals surface area contributed by atoms with Crippen LogP contribution in [0, 0.1) is 5.92 Å². The van der Waals surface area contributed by atoms with Crippen LogP contribution in [0.5, 0.6) is 0 Å². The van der Waals surface area contributed by atoms with Crippen LogP contribution in [0.4, 0.5) is 4.79 Å². The lowest BCUT2D eigenvalue weighted by molar-refractivity contribution is 0.0839. The average Bonchev–Trinajstić information content (AvgIpc) is 2.26. The van der Waals surface area contributed by atoms with Gasteiger partial charge < -0.3 is 9.64 Å². The summed E-state index contributed by atoms with van der Waals surface area (Å²) in [5.74, 6) is 0.679. The van der Waals surface area contributed by atoms with E-state index in [0.717, 1.165) is 32.4 Å². The van der Waals surface area contributed by atoms with E-state index in [1.54, 1.807) is 0 Å². The number of nitrogens with zero attached hydrogens (tertiary/aromatic N) is 1. The third-order valence-electron chi connectivity index (χ3n) is 2.78. The first kappa shape index (κ1) is 11.3. The van der Waals surface area contributed by atoms with E-state index in [1.165, 1.54) is 6.42 Å². The largest absolute Gasteiger partial charge is 0.449 e. The number of hydrogen-bond acceptors (Lipinski definition) is 2. The minimum absolute atomic E-state index is 0.120. The number of rotatable bonds is 3. The molecular weight excluding hydrogens is 178 g/mol. The highest BCUT2D eigenvalue weighted by Gasteiger charge is 2.23. The van der Waals surface area contributed by atoms with Gasteiger partial charge in [-0.15, -0.1) is 0 Å². The molecule has 1 atom stereocenters. The molecule has 0 aromatic rings. The fraction of sp³-hybridized carbons (Fsp3) is 0.909. The van der Waals surface area contributed by atoms with Gasteiger partial charge in [-0.1, -0.05) is 20.3 Å². The van der Waals surface area contributed by atoms with Crippen LogP contribution in [0.15, 0.2) is 0 Å². The summed E-state index contributed by atoms with van der Waals surface area (Å²) in [7, 11) is 0. The number of likely N-dealkylation sites (tertiary alicyclic amines) is 1. The highest BCUT2D eigenvalue weighted by molar-refractivity contribution is 5.67. The number of amides is 1. The molecule has 3 nitrogen and oxygen atoms in total. The van der Waals surface area contributed by atoms with E-state index in [1.807, 2.05) is 11.8 Å². The van der Waals surface area contributed by atoms with Gasteiger partial charge in [-0.3, -0.25) is 0 Å². The Kier molecular flexibility index (Phi) is 4.77. The van der Waals surface area contributed by atoms with Gasteiger partial charge >= 0.3 is 6.09 Å². The van der Waals surface area contributed by atoms with Crippen molar-refractivity contribution < 1.29 is 9.53 Å². The molecule has 1 amide bonds. The van der Waals surface area contributed by atoms with Crippen molar-refractivity contribution in [3.05, 3.63) is 0 Å². The van der Waals surface area contributed by atoms with Gasteiger partial charge in [0.15, 0.2) is 0 Å². The molecular formula is C11H21NO2. The summed E-state index contributed by atoms with van der Waals surface area (Å²) in [4.78, 5) is 13.4. The molecule has 3 heteroatoms. The smallest absolute Gasteiger partial charge is 0.409 e. The van der Waals surface area contributed by atoms with Crippen molar-refractivity contribution in [3.8, 4) is 0 Å². The topological polar surface area (TPSA) is 29.5 Å². The van der Waals surface area contributed by atoms with Crippen molar-refractivity contribution in [2.75, 3.05) is 19.7 Å². The second kappa shape index (κ2) is 5.89. The van der Waals surface area contributed by atoms with Gasteiger partial charge in [0.2, 0.25) is 0 Å². The monoisotopic (exact) mass is 199 g/mol. The van der Waals surface area contributed by atoms with Gasteiger partial charge in [0.1, 0.15) is 0 Å². The van der Waals surface area contributed by atoms with Gasteiger partial charge in [-0.25, -0.2) is 4.79 Å². The van der Waals surface area contributed by atoms with E-state index in [0.29, 0.717) is 12.5 Å². The van der Waals surface area contributed by atoms with Crippen LogP contribution in [0.1, 0.15) is 39.5 Å². The zero-order valence-electron chi connectivity index (χ0n) is 9.29. The molecule has 0 aromatic carbocycles. The second-order valence-electron chi connectivity index (χ2n) is 3.98. The normalized spacial score (nSPS) is 22.1. The van der Waals surface area contributed by atoms with Gasteiger partial charge in [0, 0.05) is 13.1 Å². The SMILES string of the molecule is CCCOC(=O)N1CCCC(CC)C1. The standard InChI is InChI=1S/C11H21NO2/c1-3-8-14-11(13)12-7-5-6-10(4-2)9-12/h10H,3-9H2,1-2H3. The number of ether oxygens (including phenoxy) is 1. The van der Waals surface area contributed by atoms with E-state index in [2.05, 4.69) is 6.92 Å². The minimum atomic E-state index is -0.120. The summed E-state index contributed by atoms with van der Waals surface area (Å²) in [6.07, 6.45) is 4.33. The molecule has 14 heavy (non-hydrogen) atoms. The Morgan fingerprint density at radius 1 is 1.50 bits per heavy atom. The Morgan fingerprint density at radius 3 is 2.93 bits per heavy atom. The summed E-state index contributed by atoms with van der Waals surface area (Å²) in [6, 6.07) is 0. The molecule has 1 heterocycles. The Hall–Kier alpha value is -0.730. The molecule has 0 radical (unpaired) electrons. The Morgan fingerprint density at radius 2 is 2.29 bits per heavy atom. The summed E-state index contributed by atoms with van der Waals surface area (Å²) in [5.41, 5.74) is 0. The summed E-state index contributed by atoms with van der Waals surface area (Å²) in [6.45, 7) is 6.51. The molecule has 0 aliphatic carbocycles. The number of piperidine rings is 1. The molecule has 0 bridgehead atoms. The van der Waals surface area contributed by atoms with Crippen LogP contribution in [0.3, 0.4) is 0 Å². The number of carbonyl (C=O) groups excluding carboxylic acids is 1. The molecule has 0 saturated carbocycles. The Labute approximate surface area is 86.4 Å². The molecule has 1 unspecified atom stereocenters. The fourth-order valence-corrected chi connectivity index (χ4v) is 1.84. The predicted octanol–water partition coefficient (Wildman–Crippen LogP) is 2.66. The third-order valence-corrected chi connectivity index (χ3v) is 2.78. The molecule has 1 fully saturated rings. The molecule has 1 rings (SSSR count). The maximum atomic E-state index is 11.5. The molecule has 82 valence electrons. The van der Waals surface area contributed by atoms with Crippen molar-refractivity contribution in [2.24, 2.45) is 5.92 Å². The summed E-state index contributed by atoms with van der Waals surface area (Å²) >= 11 is 0. The molecule has 0 spiro atoms. The second-order valence-corrected chi connectivity index (χ2v) is 3.98. The van der Waals surface area contributed by atoms with Gasteiger partial charge in [-0.2, -0.15) is 0 Å². The highest BCUT2D eigenvalue weighted by atomic mass is 16.6. The lowest BCUT2D eigenvalue weighted by Crippen LogP contribution is -2.40. The van der Waals surface area contributed by atoms with Crippen LogP contribution < -0.4 is 0 Å². The summed E-state index contributed by atoms with van der Waals surface area (Å²) in [5, 5.41) is 0. The Balaban J connectivity index is 2.31.